The molecule has 0 spiro atoms. The Labute approximate surface area is 103 Å². The van der Waals surface area contributed by atoms with Gasteiger partial charge in [-0.3, -0.25) is 9.59 Å². The highest BCUT2D eigenvalue weighted by molar-refractivity contribution is 9.10. The number of carbonyl (C=O) groups excluding carboxylic acids is 2. The third-order valence-corrected chi connectivity index (χ3v) is 2.81. The lowest BCUT2D eigenvalue weighted by atomic mass is 10.2. The second-order valence-corrected chi connectivity index (χ2v) is 4.16. The van der Waals surface area contributed by atoms with E-state index in [-0.39, 0.29) is 12.5 Å². The molecule has 1 rings (SSSR count). The van der Waals surface area contributed by atoms with Crippen molar-refractivity contribution in [1.29, 1.82) is 0 Å². The summed E-state index contributed by atoms with van der Waals surface area (Å²) in [7, 11) is 0. The summed E-state index contributed by atoms with van der Waals surface area (Å²) in [5.74, 6) is -0.381. The molecule has 0 aliphatic carbocycles. The number of primary amides is 1. The average molecular weight is 285 g/mol. The lowest BCUT2D eigenvalue weighted by Gasteiger charge is -2.22. The molecule has 16 heavy (non-hydrogen) atoms. The minimum atomic E-state index is -0.381. The van der Waals surface area contributed by atoms with Crippen molar-refractivity contribution in [2.45, 2.75) is 6.92 Å². The van der Waals surface area contributed by atoms with Crippen LogP contribution in [-0.2, 0) is 4.79 Å². The third kappa shape index (κ3) is 3.06. The normalized spacial score (nSPS) is 9.88. The number of aldehydes is 1. The van der Waals surface area contributed by atoms with Crippen LogP contribution in [0.5, 0.6) is 0 Å². The summed E-state index contributed by atoms with van der Waals surface area (Å²) in [6.45, 7) is 2.76. The quantitative estimate of drug-likeness (QED) is 0.835. The molecule has 0 heterocycles. The molecule has 1 aromatic rings. The van der Waals surface area contributed by atoms with Gasteiger partial charge in [0, 0.05) is 16.6 Å². The first-order chi connectivity index (χ1) is 7.58. The Morgan fingerprint density at radius 3 is 2.69 bits per heavy atom. The summed E-state index contributed by atoms with van der Waals surface area (Å²) in [5, 5.41) is 0. The van der Waals surface area contributed by atoms with E-state index in [1.54, 1.807) is 18.2 Å². The standard InChI is InChI=1S/C11H13BrN2O2/c1-2-14(6-11(13)16)10-4-3-8(7-15)5-9(10)12/h3-5,7H,2,6H2,1H3,(H2,13,16). The van der Waals surface area contributed by atoms with Gasteiger partial charge in [-0.05, 0) is 41.1 Å². The van der Waals surface area contributed by atoms with E-state index in [1.807, 2.05) is 11.8 Å². The molecular formula is C11H13BrN2O2. The summed E-state index contributed by atoms with van der Waals surface area (Å²) >= 11 is 3.37. The molecule has 1 aromatic carbocycles. The molecule has 86 valence electrons. The average Bonchev–Trinajstić information content (AvgIpc) is 2.25. The summed E-state index contributed by atoms with van der Waals surface area (Å²) in [4.78, 5) is 23.3. The molecule has 0 aromatic heterocycles. The van der Waals surface area contributed by atoms with E-state index in [0.717, 1.165) is 16.4 Å². The lowest BCUT2D eigenvalue weighted by Crippen LogP contribution is -2.33. The van der Waals surface area contributed by atoms with Crippen LogP contribution >= 0.6 is 15.9 Å². The maximum Gasteiger partial charge on any atom is 0.236 e. The number of amides is 1. The number of anilines is 1. The van der Waals surface area contributed by atoms with Gasteiger partial charge in [-0.2, -0.15) is 0 Å². The summed E-state index contributed by atoms with van der Waals surface area (Å²) in [5.41, 5.74) is 6.60. The van der Waals surface area contributed by atoms with Crippen molar-refractivity contribution in [2.75, 3.05) is 18.0 Å². The fraction of sp³-hybridized carbons (Fsp3) is 0.273. The Kier molecular flexibility index (Phi) is 4.49. The molecule has 0 saturated heterocycles. The van der Waals surface area contributed by atoms with E-state index >= 15 is 0 Å². The molecule has 0 unspecified atom stereocenters. The van der Waals surface area contributed by atoms with Crippen molar-refractivity contribution in [2.24, 2.45) is 5.73 Å². The molecule has 0 atom stereocenters. The molecule has 0 saturated carbocycles. The highest BCUT2D eigenvalue weighted by Gasteiger charge is 2.10. The second-order valence-electron chi connectivity index (χ2n) is 3.31. The maximum atomic E-state index is 10.9. The largest absolute Gasteiger partial charge is 0.368 e. The fourth-order valence-electron chi connectivity index (χ4n) is 1.41. The smallest absolute Gasteiger partial charge is 0.236 e. The number of benzene rings is 1. The number of nitrogens with two attached hydrogens (primary N) is 1. The summed E-state index contributed by atoms with van der Waals surface area (Å²) in [6.07, 6.45) is 0.777. The Morgan fingerprint density at radius 2 is 2.25 bits per heavy atom. The molecule has 0 fully saturated rings. The van der Waals surface area contributed by atoms with E-state index in [9.17, 15) is 9.59 Å². The molecule has 0 bridgehead atoms. The Hall–Kier alpha value is -1.36. The van der Waals surface area contributed by atoms with Crippen molar-refractivity contribution in [3.8, 4) is 0 Å². The summed E-state index contributed by atoms with van der Waals surface area (Å²) < 4.78 is 0.778. The van der Waals surface area contributed by atoms with Crippen LogP contribution in [0, 0.1) is 0 Å². The Morgan fingerprint density at radius 1 is 1.56 bits per heavy atom. The van der Waals surface area contributed by atoms with E-state index in [0.29, 0.717) is 12.1 Å². The topological polar surface area (TPSA) is 63.4 Å². The molecule has 2 N–H and O–H groups in total. The van der Waals surface area contributed by atoms with Gasteiger partial charge in [0.05, 0.1) is 12.2 Å². The number of rotatable bonds is 5. The predicted molar refractivity (Wildman–Crippen MR) is 66.6 cm³/mol. The van der Waals surface area contributed by atoms with Gasteiger partial charge in [-0.15, -0.1) is 0 Å². The van der Waals surface area contributed by atoms with Crippen LogP contribution in [0.4, 0.5) is 5.69 Å². The maximum absolute atomic E-state index is 10.9. The molecule has 0 aliphatic heterocycles. The van der Waals surface area contributed by atoms with E-state index < -0.39 is 0 Å². The first-order valence-electron chi connectivity index (χ1n) is 4.86. The third-order valence-electron chi connectivity index (χ3n) is 2.18. The van der Waals surface area contributed by atoms with Gasteiger partial charge in [0.25, 0.3) is 0 Å². The molecule has 0 aliphatic rings. The van der Waals surface area contributed by atoms with Crippen LogP contribution in [-0.4, -0.2) is 25.3 Å². The Balaban J connectivity index is 3.01. The van der Waals surface area contributed by atoms with Crippen molar-refractivity contribution >= 4 is 33.8 Å². The van der Waals surface area contributed by atoms with Crippen LogP contribution in [0.2, 0.25) is 0 Å². The van der Waals surface area contributed by atoms with Crippen LogP contribution in [0.3, 0.4) is 0 Å². The van der Waals surface area contributed by atoms with Gasteiger partial charge in [-0.1, -0.05) is 0 Å². The van der Waals surface area contributed by atoms with Crippen LogP contribution < -0.4 is 10.6 Å². The Bertz CT molecular complexity index is 407. The minimum Gasteiger partial charge on any atom is -0.368 e. The van der Waals surface area contributed by atoms with Gasteiger partial charge < -0.3 is 10.6 Å². The molecule has 1 amide bonds. The second kappa shape index (κ2) is 5.65. The number of hydrogen-bond acceptors (Lipinski definition) is 3. The monoisotopic (exact) mass is 284 g/mol. The number of carbonyl (C=O) groups is 2. The first-order valence-corrected chi connectivity index (χ1v) is 5.65. The zero-order valence-electron chi connectivity index (χ0n) is 8.94. The fourth-order valence-corrected chi connectivity index (χ4v) is 2.06. The number of likely N-dealkylation sites (N-methyl/N-ethyl adjacent to an activating group) is 1. The first kappa shape index (κ1) is 12.7. The number of nitrogens with zero attached hydrogens (tertiary/aromatic N) is 1. The zero-order chi connectivity index (χ0) is 12.1. The van der Waals surface area contributed by atoms with Gasteiger partial charge in [0.1, 0.15) is 6.29 Å². The lowest BCUT2D eigenvalue weighted by molar-refractivity contribution is -0.116. The van der Waals surface area contributed by atoms with Crippen LogP contribution in [0.15, 0.2) is 22.7 Å². The highest BCUT2D eigenvalue weighted by atomic mass is 79.9. The van der Waals surface area contributed by atoms with Crippen molar-refractivity contribution in [3.05, 3.63) is 28.2 Å². The van der Waals surface area contributed by atoms with Crippen molar-refractivity contribution < 1.29 is 9.59 Å². The molecular weight excluding hydrogens is 272 g/mol. The minimum absolute atomic E-state index is 0.162. The summed E-state index contributed by atoms with van der Waals surface area (Å²) in [6, 6.07) is 5.21. The van der Waals surface area contributed by atoms with Crippen molar-refractivity contribution in [3.63, 3.8) is 0 Å². The zero-order valence-corrected chi connectivity index (χ0v) is 10.5. The van der Waals surface area contributed by atoms with E-state index in [2.05, 4.69) is 15.9 Å². The predicted octanol–water partition coefficient (Wildman–Crippen LogP) is 1.57. The molecule has 0 radical (unpaired) electrons. The van der Waals surface area contributed by atoms with Gasteiger partial charge in [-0.25, -0.2) is 0 Å². The van der Waals surface area contributed by atoms with Crippen molar-refractivity contribution in [1.82, 2.24) is 0 Å². The van der Waals surface area contributed by atoms with E-state index in [4.69, 9.17) is 5.73 Å². The SMILES string of the molecule is CCN(CC(N)=O)c1ccc(C=O)cc1Br. The number of hydrogen-bond donors (Lipinski definition) is 1. The van der Waals surface area contributed by atoms with Gasteiger partial charge in [0.2, 0.25) is 5.91 Å². The highest BCUT2D eigenvalue weighted by Crippen LogP contribution is 2.26. The van der Waals surface area contributed by atoms with Gasteiger partial charge in [0.15, 0.2) is 0 Å². The van der Waals surface area contributed by atoms with E-state index in [1.165, 1.54) is 0 Å². The van der Waals surface area contributed by atoms with Crippen LogP contribution in [0.25, 0.3) is 0 Å². The van der Waals surface area contributed by atoms with Crippen LogP contribution in [0.1, 0.15) is 17.3 Å². The van der Waals surface area contributed by atoms with Gasteiger partial charge >= 0.3 is 0 Å². The molecule has 5 heteroatoms. The molecule has 4 nitrogen and oxygen atoms in total. The number of halogens is 1.